The van der Waals surface area contributed by atoms with E-state index in [0.717, 1.165) is 17.8 Å². The van der Waals surface area contributed by atoms with Gasteiger partial charge in [0.25, 0.3) is 0 Å². The topological polar surface area (TPSA) is 3.24 Å². The molecule has 4 aliphatic rings. The summed E-state index contributed by atoms with van der Waals surface area (Å²) in [7, 11) is 0. The van der Waals surface area contributed by atoms with Gasteiger partial charge in [-0.3, -0.25) is 0 Å². The summed E-state index contributed by atoms with van der Waals surface area (Å²) >= 11 is 0. The highest BCUT2D eigenvalue weighted by Gasteiger charge is 2.87. The van der Waals surface area contributed by atoms with Crippen LogP contribution in [0.5, 0.6) is 0 Å². The zero-order valence-corrected chi connectivity index (χ0v) is 35.0. The standard InChI is InChI=1S/C57H55N/c1-54(2,3)40-30-39(31-41(32-40)55(4,5)6)46-23-11-14-28-51(46)58(50-27-13-10-22-45(50)37-18-8-7-9-19-37)52-29-15-12-24-47(52)48-25-16-20-38-21-17-26-49(53(38)48)56-35-43-33-42-34-44(36-56)57(42,43)56/h7-32,42-44H,33-36H2,1-6H3. The van der Waals surface area contributed by atoms with E-state index >= 15 is 0 Å². The molecule has 4 aliphatic carbocycles. The van der Waals surface area contributed by atoms with E-state index in [1.54, 1.807) is 5.56 Å². The maximum absolute atomic E-state index is 2.58. The Morgan fingerprint density at radius 1 is 0.448 bits per heavy atom. The molecule has 1 nitrogen and oxygen atoms in total. The Morgan fingerprint density at radius 3 is 1.48 bits per heavy atom. The molecule has 0 aromatic heterocycles. The van der Waals surface area contributed by atoms with E-state index in [-0.39, 0.29) is 10.8 Å². The maximum Gasteiger partial charge on any atom is 0.0540 e. The second-order valence-electron chi connectivity index (χ2n) is 20.2. The third kappa shape index (κ3) is 4.95. The van der Waals surface area contributed by atoms with E-state index in [0.29, 0.717) is 10.8 Å². The van der Waals surface area contributed by atoms with Crippen LogP contribution in [0.25, 0.3) is 44.2 Å². The molecule has 7 aromatic carbocycles. The van der Waals surface area contributed by atoms with Crippen LogP contribution in [0.2, 0.25) is 0 Å². The van der Waals surface area contributed by atoms with Crippen molar-refractivity contribution < 1.29 is 0 Å². The molecule has 1 spiro atoms. The second-order valence-corrected chi connectivity index (χ2v) is 20.2. The van der Waals surface area contributed by atoms with E-state index in [4.69, 9.17) is 0 Å². The summed E-state index contributed by atoms with van der Waals surface area (Å²) in [6.45, 7) is 14.0. The largest absolute Gasteiger partial charge is 0.309 e. The van der Waals surface area contributed by atoms with Crippen molar-refractivity contribution in [2.24, 2.45) is 23.2 Å². The molecular formula is C57H55N. The van der Waals surface area contributed by atoms with E-state index in [1.165, 1.54) is 98.0 Å². The Hall–Kier alpha value is -5.40. The van der Waals surface area contributed by atoms with Crippen LogP contribution in [0.15, 0.2) is 158 Å². The first-order chi connectivity index (χ1) is 28.0. The summed E-state index contributed by atoms with van der Waals surface area (Å²) in [4.78, 5) is 2.58. The van der Waals surface area contributed by atoms with E-state index in [2.05, 4.69) is 204 Å². The molecule has 2 unspecified atom stereocenters. The normalized spacial score (nSPS) is 24.1. The molecule has 0 N–H and O–H groups in total. The van der Waals surface area contributed by atoms with Crippen LogP contribution in [-0.4, -0.2) is 0 Å². The molecule has 0 heterocycles. The van der Waals surface area contributed by atoms with Crippen molar-refractivity contribution >= 4 is 27.8 Å². The first-order valence-electron chi connectivity index (χ1n) is 21.8. The average Bonchev–Trinajstić information content (AvgIpc) is 3.20. The van der Waals surface area contributed by atoms with Crippen LogP contribution in [-0.2, 0) is 16.2 Å². The predicted molar refractivity (Wildman–Crippen MR) is 245 cm³/mol. The molecule has 0 radical (unpaired) electrons. The SMILES string of the molecule is CC(C)(C)c1cc(-c2ccccc2N(c2ccccc2-c2ccccc2)c2ccccc2-c2cccc3cccc(C45CC6CC7CC(C4)C765)c23)cc(C(C)(C)C)c1. The van der Waals surface area contributed by atoms with Crippen molar-refractivity contribution in [3.63, 3.8) is 0 Å². The third-order valence-electron chi connectivity index (χ3n) is 15.4. The smallest absolute Gasteiger partial charge is 0.0540 e. The Morgan fingerprint density at radius 2 is 0.931 bits per heavy atom. The molecule has 4 fully saturated rings. The lowest BCUT2D eigenvalue weighted by atomic mass is 9.12. The van der Waals surface area contributed by atoms with Gasteiger partial charge in [-0.2, -0.15) is 0 Å². The van der Waals surface area contributed by atoms with Gasteiger partial charge in [0.2, 0.25) is 0 Å². The third-order valence-corrected chi connectivity index (χ3v) is 15.4. The van der Waals surface area contributed by atoms with Crippen molar-refractivity contribution in [1.29, 1.82) is 0 Å². The lowest BCUT2D eigenvalue weighted by Crippen LogP contribution is -2.87. The minimum absolute atomic E-state index is 0.00217. The van der Waals surface area contributed by atoms with Crippen molar-refractivity contribution in [3.05, 3.63) is 174 Å². The van der Waals surface area contributed by atoms with Crippen molar-refractivity contribution in [3.8, 4) is 33.4 Å². The lowest BCUT2D eigenvalue weighted by molar-refractivity contribution is -0.394. The van der Waals surface area contributed by atoms with E-state index in [1.807, 2.05) is 0 Å². The maximum atomic E-state index is 2.58. The molecule has 0 amide bonds. The number of anilines is 3. The predicted octanol–water partition coefficient (Wildman–Crippen LogP) is 15.6. The van der Waals surface area contributed by atoms with Gasteiger partial charge in [0.1, 0.15) is 0 Å². The van der Waals surface area contributed by atoms with Crippen LogP contribution in [0.3, 0.4) is 0 Å². The fourth-order valence-electron chi connectivity index (χ4n) is 12.7. The summed E-state index contributed by atoms with van der Waals surface area (Å²) in [5.41, 5.74) is 16.4. The molecule has 58 heavy (non-hydrogen) atoms. The molecule has 7 aromatic rings. The summed E-state index contributed by atoms with van der Waals surface area (Å²) < 4.78 is 0. The van der Waals surface area contributed by atoms with Crippen LogP contribution in [0, 0.1) is 23.2 Å². The Balaban J connectivity index is 1.17. The second kappa shape index (κ2) is 12.6. The lowest BCUT2D eigenvalue weighted by Gasteiger charge is -2.91. The van der Waals surface area contributed by atoms with Gasteiger partial charge in [0.15, 0.2) is 0 Å². The van der Waals surface area contributed by atoms with Crippen LogP contribution in [0.1, 0.15) is 83.9 Å². The summed E-state index contributed by atoms with van der Waals surface area (Å²) in [5.74, 6) is 2.87. The van der Waals surface area contributed by atoms with Crippen molar-refractivity contribution in [1.82, 2.24) is 0 Å². The van der Waals surface area contributed by atoms with E-state index < -0.39 is 0 Å². The minimum atomic E-state index is 0.00217. The van der Waals surface area contributed by atoms with Gasteiger partial charge in [0.05, 0.1) is 17.1 Å². The molecule has 1 heteroatoms. The fourth-order valence-corrected chi connectivity index (χ4v) is 12.7. The van der Waals surface area contributed by atoms with Gasteiger partial charge >= 0.3 is 0 Å². The first-order valence-corrected chi connectivity index (χ1v) is 21.8. The Bertz CT molecular complexity index is 2680. The molecular weight excluding hydrogens is 699 g/mol. The Labute approximate surface area is 345 Å². The molecule has 288 valence electrons. The van der Waals surface area contributed by atoms with Gasteiger partial charge in [-0.1, -0.05) is 181 Å². The number of para-hydroxylation sites is 3. The average molecular weight is 754 g/mol. The van der Waals surface area contributed by atoms with Gasteiger partial charge in [-0.25, -0.2) is 0 Å². The summed E-state index contributed by atoms with van der Waals surface area (Å²) in [6, 6.07) is 59.9. The van der Waals surface area contributed by atoms with Crippen LogP contribution in [0.4, 0.5) is 17.1 Å². The molecule has 4 saturated carbocycles. The molecule has 0 bridgehead atoms. The van der Waals surface area contributed by atoms with Gasteiger partial charge < -0.3 is 4.90 Å². The minimum Gasteiger partial charge on any atom is -0.309 e. The highest BCUT2D eigenvalue weighted by molar-refractivity contribution is 6.05. The zero-order valence-electron chi connectivity index (χ0n) is 35.0. The monoisotopic (exact) mass is 753 g/mol. The number of fused-ring (bicyclic) bond motifs is 1. The number of rotatable bonds is 7. The number of hydrogen-bond donors (Lipinski definition) is 0. The van der Waals surface area contributed by atoms with E-state index in [9.17, 15) is 0 Å². The van der Waals surface area contributed by atoms with Gasteiger partial charge in [-0.05, 0) is 122 Å². The highest BCUT2D eigenvalue weighted by atomic mass is 15.1. The molecule has 0 aliphatic heterocycles. The van der Waals surface area contributed by atoms with Gasteiger partial charge in [0, 0.05) is 22.1 Å². The zero-order chi connectivity index (χ0) is 39.6. The summed E-state index contributed by atoms with van der Waals surface area (Å²) in [6.07, 6.45) is 5.71. The molecule has 11 rings (SSSR count). The number of hydrogen-bond acceptors (Lipinski definition) is 1. The molecule has 2 atom stereocenters. The van der Waals surface area contributed by atoms with Crippen molar-refractivity contribution in [2.45, 2.75) is 83.5 Å². The summed E-state index contributed by atoms with van der Waals surface area (Å²) in [5, 5.41) is 2.83. The first kappa shape index (κ1) is 35.7. The van der Waals surface area contributed by atoms with Crippen LogP contribution >= 0.6 is 0 Å². The highest BCUT2D eigenvalue weighted by Crippen LogP contribution is 2.93. The van der Waals surface area contributed by atoms with Crippen molar-refractivity contribution in [2.75, 3.05) is 4.90 Å². The quantitative estimate of drug-likeness (QED) is 0.157. The fraction of sp³-hybridized carbons (Fsp3) is 0.298. The van der Waals surface area contributed by atoms with Gasteiger partial charge in [-0.15, -0.1) is 0 Å². The Kier molecular flexibility index (Phi) is 7.73. The number of nitrogens with zero attached hydrogens (tertiary/aromatic N) is 1. The molecule has 0 saturated heterocycles. The van der Waals surface area contributed by atoms with Crippen LogP contribution < -0.4 is 4.90 Å². The number of benzene rings is 7.